The summed E-state index contributed by atoms with van der Waals surface area (Å²) in [4.78, 5) is 23.2. The van der Waals surface area contributed by atoms with Crippen LogP contribution in [0.25, 0.3) is 6.08 Å². The maximum absolute atomic E-state index is 12.9. The zero-order chi connectivity index (χ0) is 20.7. The number of carbonyl (C=O) groups is 2. The van der Waals surface area contributed by atoms with E-state index in [1.807, 2.05) is 6.07 Å². The molecule has 2 aromatic rings. The maximum atomic E-state index is 12.9. The highest BCUT2D eigenvalue weighted by atomic mass is 79.9. The molecule has 28 heavy (non-hydrogen) atoms. The predicted octanol–water partition coefficient (Wildman–Crippen LogP) is 3.01. The molecule has 2 aromatic carbocycles. The van der Waals surface area contributed by atoms with Gasteiger partial charge in [0.05, 0.1) is 11.6 Å². The molecule has 0 bridgehead atoms. The summed E-state index contributed by atoms with van der Waals surface area (Å²) in [6, 6.07) is 10.1. The first-order valence-electron chi connectivity index (χ1n) is 7.81. The van der Waals surface area contributed by atoms with E-state index in [2.05, 4.69) is 21.2 Å². The number of primary amides is 1. The van der Waals surface area contributed by atoms with Gasteiger partial charge in [0, 0.05) is 5.69 Å². The molecule has 0 saturated heterocycles. The summed E-state index contributed by atoms with van der Waals surface area (Å²) in [5.74, 6) is -1.21. The fourth-order valence-corrected chi connectivity index (χ4v) is 2.73. The number of rotatable bonds is 7. The average Bonchev–Trinajstić information content (AvgIpc) is 2.66. The van der Waals surface area contributed by atoms with Crippen LogP contribution in [0.1, 0.15) is 5.56 Å². The van der Waals surface area contributed by atoms with Crippen molar-refractivity contribution in [1.29, 1.82) is 5.26 Å². The molecule has 0 atom stereocenters. The number of benzene rings is 2. The molecule has 7 nitrogen and oxygen atoms in total. The van der Waals surface area contributed by atoms with Crippen LogP contribution in [0, 0.1) is 17.1 Å². The molecular weight excluding hydrogens is 433 g/mol. The Morgan fingerprint density at radius 1 is 1.32 bits per heavy atom. The number of nitriles is 1. The van der Waals surface area contributed by atoms with Gasteiger partial charge in [0.25, 0.3) is 11.8 Å². The maximum Gasteiger partial charge on any atom is 0.266 e. The van der Waals surface area contributed by atoms with E-state index in [0.717, 1.165) is 0 Å². The zero-order valence-corrected chi connectivity index (χ0v) is 16.2. The van der Waals surface area contributed by atoms with Crippen LogP contribution in [-0.2, 0) is 9.59 Å². The SMILES string of the molecule is COc1cc(/C=C(\C#N)C(=O)Nc2ccc(F)cc2)cc(Br)c1OCC(N)=O. The van der Waals surface area contributed by atoms with Gasteiger partial charge >= 0.3 is 0 Å². The number of ether oxygens (including phenoxy) is 2. The zero-order valence-electron chi connectivity index (χ0n) is 14.7. The number of methoxy groups -OCH3 is 1. The molecule has 0 unspecified atom stereocenters. The van der Waals surface area contributed by atoms with Gasteiger partial charge in [0.1, 0.15) is 17.5 Å². The van der Waals surface area contributed by atoms with E-state index in [1.165, 1.54) is 43.5 Å². The van der Waals surface area contributed by atoms with Crippen molar-refractivity contribution in [3.05, 3.63) is 57.8 Å². The van der Waals surface area contributed by atoms with Crippen molar-refractivity contribution >= 4 is 39.5 Å². The quantitative estimate of drug-likeness (QED) is 0.499. The Hall–Kier alpha value is -3.38. The van der Waals surface area contributed by atoms with Crippen LogP contribution in [0.15, 0.2) is 46.4 Å². The van der Waals surface area contributed by atoms with E-state index in [4.69, 9.17) is 15.2 Å². The molecule has 9 heteroatoms. The lowest BCUT2D eigenvalue weighted by Crippen LogP contribution is -2.20. The number of nitrogens with zero attached hydrogens (tertiary/aromatic N) is 1. The van der Waals surface area contributed by atoms with Gasteiger partial charge in [-0.25, -0.2) is 4.39 Å². The topological polar surface area (TPSA) is 114 Å². The second kappa shape index (κ2) is 9.53. The van der Waals surface area contributed by atoms with Crippen LogP contribution < -0.4 is 20.5 Å². The molecule has 0 aliphatic carbocycles. The van der Waals surface area contributed by atoms with E-state index < -0.39 is 17.6 Å². The van der Waals surface area contributed by atoms with Crippen LogP contribution in [0.3, 0.4) is 0 Å². The van der Waals surface area contributed by atoms with Gasteiger partial charge in [-0.1, -0.05) is 0 Å². The molecule has 0 aliphatic heterocycles. The van der Waals surface area contributed by atoms with Crippen molar-refractivity contribution in [2.75, 3.05) is 19.0 Å². The summed E-state index contributed by atoms with van der Waals surface area (Å²) in [7, 11) is 1.40. The van der Waals surface area contributed by atoms with E-state index >= 15 is 0 Å². The van der Waals surface area contributed by atoms with Crippen molar-refractivity contribution in [3.8, 4) is 17.6 Å². The molecule has 0 fully saturated rings. The smallest absolute Gasteiger partial charge is 0.266 e. The number of anilines is 1. The normalized spacial score (nSPS) is 10.7. The molecule has 0 heterocycles. The van der Waals surface area contributed by atoms with E-state index in [1.54, 1.807) is 6.07 Å². The molecule has 2 amide bonds. The highest BCUT2D eigenvalue weighted by molar-refractivity contribution is 9.10. The fourth-order valence-electron chi connectivity index (χ4n) is 2.15. The number of carbonyl (C=O) groups excluding carboxylic acids is 2. The van der Waals surface area contributed by atoms with Gasteiger partial charge < -0.3 is 20.5 Å². The van der Waals surface area contributed by atoms with Crippen LogP contribution in [0.4, 0.5) is 10.1 Å². The van der Waals surface area contributed by atoms with E-state index in [0.29, 0.717) is 15.7 Å². The average molecular weight is 448 g/mol. The Morgan fingerprint density at radius 2 is 2.00 bits per heavy atom. The van der Waals surface area contributed by atoms with E-state index in [-0.39, 0.29) is 23.7 Å². The molecule has 0 aromatic heterocycles. The van der Waals surface area contributed by atoms with Gasteiger partial charge in [0.2, 0.25) is 0 Å². The number of amides is 2. The molecule has 0 spiro atoms. The molecule has 0 radical (unpaired) electrons. The molecule has 0 aliphatic rings. The fraction of sp³-hybridized carbons (Fsp3) is 0.105. The van der Waals surface area contributed by atoms with Crippen molar-refractivity contribution in [3.63, 3.8) is 0 Å². The lowest BCUT2D eigenvalue weighted by molar-refractivity contribution is -0.120. The highest BCUT2D eigenvalue weighted by Crippen LogP contribution is 2.37. The van der Waals surface area contributed by atoms with Crippen molar-refractivity contribution in [1.82, 2.24) is 0 Å². The standard InChI is InChI=1S/C19H15BrFN3O4/c1-27-16-8-11(7-15(20)18(16)28-10-17(23)25)6-12(9-22)19(26)24-14-4-2-13(21)3-5-14/h2-8H,10H2,1H3,(H2,23,25)(H,24,26)/b12-6+. The highest BCUT2D eigenvalue weighted by Gasteiger charge is 2.14. The third-order valence-corrected chi connectivity index (χ3v) is 3.98. The summed E-state index contributed by atoms with van der Waals surface area (Å²) in [6.07, 6.45) is 1.35. The largest absolute Gasteiger partial charge is 0.493 e. The first-order valence-corrected chi connectivity index (χ1v) is 8.60. The summed E-state index contributed by atoms with van der Waals surface area (Å²) in [5.41, 5.74) is 5.71. The van der Waals surface area contributed by atoms with Crippen LogP contribution >= 0.6 is 15.9 Å². The van der Waals surface area contributed by atoms with Gasteiger partial charge in [-0.2, -0.15) is 5.26 Å². The summed E-state index contributed by atoms with van der Waals surface area (Å²) in [5, 5.41) is 11.8. The second-order valence-corrected chi connectivity index (χ2v) is 6.27. The third-order valence-electron chi connectivity index (χ3n) is 3.39. The van der Waals surface area contributed by atoms with Gasteiger partial charge in [-0.3, -0.25) is 9.59 Å². The van der Waals surface area contributed by atoms with Crippen molar-refractivity contribution in [2.45, 2.75) is 0 Å². The van der Waals surface area contributed by atoms with Crippen LogP contribution in [0.2, 0.25) is 0 Å². The second-order valence-electron chi connectivity index (χ2n) is 5.42. The Labute approximate surface area is 168 Å². The molecule has 144 valence electrons. The monoisotopic (exact) mass is 447 g/mol. The summed E-state index contributed by atoms with van der Waals surface area (Å²) in [6.45, 7) is -0.340. The van der Waals surface area contributed by atoms with Crippen LogP contribution in [0.5, 0.6) is 11.5 Å². The third kappa shape index (κ3) is 5.56. The lowest BCUT2D eigenvalue weighted by atomic mass is 10.1. The Kier molecular flexibility index (Phi) is 7.12. The van der Waals surface area contributed by atoms with Crippen molar-refractivity contribution < 1.29 is 23.5 Å². The van der Waals surface area contributed by atoms with Gasteiger partial charge in [-0.05, 0) is 64.0 Å². The minimum absolute atomic E-state index is 0.177. The number of nitrogens with two attached hydrogens (primary N) is 1. The van der Waals surface area contributed by atoms with Crippen LogP contribution in [-0.4, -0.2) is 25.5 Å². The Balaban J connectivity index is 2.28. The molecule has 2 rings (SSSR count). The summed E-state index contributed by atoms with van der Waals surface area (Å²) >= 11 is 3.29. The molecule has 3 N–H and O–H groups in total. The Bertz CT molecular complexity index is 968. The predicted molar refractivity (Wildman–Crippen MR) is 104 cm³/mol. The number of hydrogen-bond acceptors (Lipinski definition) is 5. The van der Waals surface area contributed by atoms with Crippen molar-refractivity contribution in [2.24, 2.45) is 5.73 Å². The molecular formula is C19H15BrFN3O4. The van der Waals surface area contributed by atoms with E-state index in [9.17, 15) is 19.2 Å². The minimum atomic E-state index is -0.654. The first kappa shape index (κ1) is 20.9. The number of halogens is 2. The lowest BCUT2D eigenvalue weighted by Gasteiger charge is -2.12. The Morgan fingerprint density at radius 3 is 2.57 bits per heavy atom. The summed E-state index contributed by atoms with van der Waals surface area (Å²) < 4.78 is 23.9. The minimum Gasteiger partial charge on any atom is -0.493 e. The first-order chi connectivity index (χ1) is 13.3. The number of hydrogen-bond donors (Lipinski definition) is 2. The van der Waals surface area contributed by atoms with Gasteiger partial charge in [0.15, 0.2) is 18.1 Å². The molecule has 0 saturated carbocycles. The number of nitrogens with one attached hydrogen (secondary N) is 1. The van der Waals surface area contributed by atoms with Gasteiger partial charge in [-0.15, -0.1) is 0 Å².